The summed E-state index contributed by atoms with van der Waals surface area (Å²) >= 11 is 0. The van der Waals surface area contributed by atoms with E-state index in [2.05, 4.69) is 19.1 Å². The van der Waals surface area contributed by atoms with Crippen LogP contribution in [-0.2, 0) is 14.4 Å². The van der Waals surface area contributed by atoms with Gasteiger partial charge in [0.15, 0.2) is 0 Å². The molecule has 0 aliphatic rings. The van der Waals surface area contributed by atoms with Gasteiger partial charge in [-0.25, -0.2) is 0 Å². The smallest absolute Gasteiger partial charge is 0.303 e. The summed E-state index contributed by atoms with van der Waals surface area (Å²) < 4.78 is 0.604. The van der Waals surface area contributed by atoms with Gasteiger partial charge in [-0.3, -0.25) is 9.59 Å². The van der Waals surface area contributed by atoms with Gasteiger partial charge in [-0.05, 0) is 44.9 Å². The van der Waals surface area contributed by atoms with Gasteiger partial charge < -0.3 is 24.6 Å². The van der Waals surface area contributed by atoms with E-state index in [1.807, 2.05) is 0 Å². The van der Waals surface area contributed by atoms with Gasteiger partial charge in [0.1, 0.15) is 0 Å². The molecule has 0 aliphatic carbocycles. The van der Waals surface area contributed by atoms with Crippen LogP contribution in [-0.4, -0.2) is 58.8 Å². The molecular weight excluding hydrogens is 530 g/mol. The molecule has 0 aromatic rings. The van der Waals surface area contributed by atoms with E-state index in [4.69, 9.17) is 10.2 Å². The first-order valence-electron chi connectivity index (χ1n) is 17.4. The van der Waals surface area contributed by atoms with Crippen molar-refractivity contribution < 1.29 is 34.2 Å². The number of carbonyl (C=O) groups excluding carboxylic acids is 1. The second kappa shape index (κ2) is 29.2. The van der Waals surface area contributed by atoms with Crippen LogP contribution in [0.1, 0.15) is 167 Å². The highest BCUT2D eigenvalue weighted by atomic mass is 16.4. The monoisotopic (exact) mass is 595 g/mol. The number of nitrogens with zero attached hydrogens (tertiary/aromatic N) is 1. The first-order valence-corrected chi connectivity index (χ1v) is 17.4. The second-order valence-corrected chi connectivity index (χ2v) is 12.4. The van der Waals surface area contributed by atoms with Crippen LogP contribution in [0, 0.1) is 0 Å². The van der Waals surface area contributed by atoms with Crippen LogP contribution >= 0.6 is 0 Å². The molecule has 0 aromatic carbocycles. The van der Waals surface area contributed by atoms with Crippen LogP contribution in [0.25, 0.3) is 0 Å². The molecule has 0 aromatic heterocycles. The van der Waals surface area contributed by atoms with Gasteiger partial charge in [0, 0.05) is 25.2 Å². The normalized spacial score (nSPS) is 11.8. The lowest BCUT2D eigenvalue weighted by atomic mass is 10.0. The van der Waals surface area contributed by atoms with Crippen LogP contribution in [0.5, 0.6) is 0 Å². The lowest BCUT2D eigenvalue weighted by Gasteiger charge is -2.39. The molecule has 2 N–H and O–H groups in total. The van der Waals surface area contributed by atoms with Gasteiger partial charge in [0.05, 0.1) is 39.0 Å². The molecule has 0 unspecified atom stereocenters. The summed E-state index contributed by atoms with van der Waals surface area (Å²) in [6.07, 6.45) is 30.9. The Hall–Kier alpha value is -1.89. The molecule has 0 heterocycles. The Bertz CT molecular complexity index is 643. The number of unbranched alkanes of at least 4 members (excludes halogenated alkanes) is 17. The fraction of sp³-hybridized carbons (Fsp3) is 0.857. The van der Waals surface area contributed by atoms with Crippen molar-refractivity contribution in [3.63, 3.8) is 0 Å². The molecule has 7 heteroatoms. The van der Waals surface area contributed by atoms with Crippen molar-refractivity contribution >= 4 is 17.9 Å². The van der Waals surface area contributed by atoms with E-state index in [9.17, 15) is 19.5 Å². The van der Waals surface area contributed by atoms with Crippen molar-refractivity contribution in [1.29, 1.82) is 0 Å². The van der Waals surface area contributed by atoms with Crippen LogP contribution < -0.4 is 5.11 Å². The summed E-state index contributed by atoms with van der Waals surface area (Å²) in [4.78, 5) is 33.1. The summed E-state index contributed by atoms with van der Waals surface area (Å²) in [5, 5.41) is 29.1. The van der Waals surface area contributed by atoms with Crippen molar-refractivity contribution in [3.05, 3.63) is 12.2 Å². The van der Waals surface area contributed by atoms with Crippen LogP contribution in [0.3, 0.4) is 0 Å². The predicted octanol–water partition coefficient (Wildman–Crippen LogP) is 8.05. The van der Waals surface area contributed by atoms with Gasteiger partial charge in [-0.15, -0.1) is 0 Å². The van der Waals surface area contributed by atoms with Crippen molar-refractivity contribution in [2.24, 2.45) is 0 Å². The first-order chi connectivity index (χ1) is 20.3. The van der Waals surface area contributed by atoms with Crippen molar-refractivity contribution in [1.82, 2.24) is 0 Å². The van der Waals surface area contributed by atoms with Gasteiger partial charge in [0.25, 0.3) is 0 Å². The Morgan fingerprint density at radius 1 is 0.500 bits per heavy atom. The summed E-state index contributed by atoms with van der Waals surface area (Å²) in [6.45, 7) is 5.01. The van der Waals surface area contributed by atoms with Gasteiger partial charge in [0.2, 0.25) is 0 Å². The maximum Gasteiger partial charge on any atom is 0.303 e. The van der Waals surface area contributed by atoms with E-state index in [1.54, 1.807) is 0 Å². The summed E-state index contributed by atoms with van der Waals surface area (Å²) in [5.41, 5.74) is 0. The third-order valence-electron chi connectivity index (χ3n) is 8.45. The molecule has 0 fully saturated rings. The second-order valence-electron chi connectivity index (χ2n) is 12.4. The number of aliphatic carboxylic acids is 3. The van der Waals surface area contributed by atoms with Crippen molar-refractivity contribution in [3.8, 4) is 0 Å². The van der Waals surface area contributed by atoms with Crippen molar-refractivity contribution in [2.45, 2.75) is 167 Å². The quantitative estimate of drug-likeness (QED) is 0.0451. The molecular formula is C35H65NO6. The maximum atomic E-state index is 11.1. The van der Waals surface area contributed by atoms with Gasteiger partial charge in [-0.2, -0.15) is 0 Å². The number of carbonyl (C=O) groups is 3. The summed E-state index contributed by atoms with van der Waals surface area (Å²) in [7, 11) is 0. The maximum absolute atomic E-state index is 11.1. The van der Waals surface area contributed by atoms with E-state index < -0.39 is 17.9 Å². The third-order valence-corrected chi connectivity index (χ3v) is 8.45. The number of allylic oxidation sites excluding steroid dienone is 2. The molecule has 7 nitrogen and oxygen atoms in total. The van der Waals surface area contributed by atoms with Crippen LogP contribution in [0.15, 0.2) is 12.2 Å². The lowest BCUT2D eigenvalue weighted by Crippen LogP contribution is -2.51. The largest absolute Gasteiger partial charge is 0.550 e. The van der Waals surface area contributed by atoms with E-state index >= 15 is 0 Å². The summed E-state index contributed by atoms with van der Waals surface area (Å²) in [6, 6.07) is 0. The molecule has 0 amide bonds. The highest BCUT2D eigenvalue weighted by Crippen LogP contribution is 2.18. The Kier molecular flexibility index (Phi) is 27.9. The third kappa shape index (κ3) is 28.2. The molecule has 0 radical (unpaired) electrons. The number of quaternary nitrogens is 1. The fourth-order valence-electron chi connectivity index (χ4n) is 5.94. The van der Waals surface area contributed by atoms with Crippen LogP contribution in [0.4, 0.5) is 0 Å². The molecule has 42 heavy (non-hydrogen) atoms. The first kappa shape index (κ1) is 40.1. The number of rotatable bonds is 33. The van der Waals surface area contributed by atoms with E-state index in [0.29, 0.717) is 43.4 Å². The lowest BCUT2D eigenvalue weighted by molar-refractivity contribution is -0.929. The average molecular weight is 596 g/mol. The minimum atomic E-state index is -1.08. The topological polar surface area (TPSA) is 115 Å². The Morgan fingerprint density at radius 2 is 0.833 bits per heavy atom. The van der Waals surface area contributed by atoms with E-state index in [1.165, 1.54) is 89.9 Å². The number of carboxylic acids is 3. The molecule has 0 aliphatic heterocycles. The van der Waals surface area contributed by atoms with Gasteiger partial charge in [-0.1, -0.05) is 103 Å². The number of hydrogen-bond acceptors (Lipinski definition) is 4. The fourth-order valence-corrected chi connectivity index (χ4v) is 5.94. The van der Waals surface area contributed by atoms with Crippen LogP contribution in [0.2, 0.25) is 0 Å². The van der Waals surface area contributed by atoms with Gasteiger partial charge >= 0.3 is 11.9 Å². The number of hydrogen-bond donors (Lipinski definition) is 2. The molecule has 0 saturated carbocycles. The molecule has 0 saturated heterocycles. The zero-order valence-corrected chi connectivity index (χ0v) is 27.1. The highest BCUT2D eigenvalue weighted by molar-refractivity contribution is 5.66. The Morgan fingerprint density at radius 3 is 1.21 bits per heavy atom. The Labute approximate surface area is 257 Å². The predicted molar refractivity (Wildman–Crippen MR) is 170 cm³/mol. The van der Waals surface area contributed by atoms with E-state index in [-0.39, 0.29) is 19.3 Å². The standard InChI is InChI=1S/C35H65NO6/c1-2-3-4-5-6-7-8-9-10-11-12-13-14-15-16-17-18-19-20-21-22-29-36(30-23-26-33(37)38,31-24-27-34(39)40)32-25-28-35(41)42/h16-17H,2-15,18-32H2,1H3,(H2-,37,38,39,40,41,42)/b17-16+. The molecule has 0 bridgehead atoms. The zero-order valence-electron chi connectivity index (χ0n) is 27.1. The van der Waals surface area contributed by atoms with Crippen molar-refractivity contribution in [2.75, 3.05) is 26.2 Å². The minimum absolute atomic E-state index is 0.0243. The average Bonchev–Trinajstić information content (AvgIpc) is 2.93. The van der Waals surface area contributed by atoms with E-state index in [0.717, 1.165) is 38.6 Å². The SMILES string of the molecule is CCCCCCCCCCCCCCC/C=C/CCCCCC[N+](CCCC(=O)[O-])(CCCC(=O)O)CCCC(=O)O. The zero-order chi connectivity index (χ0) is 31.2. The highest BCUT2D eigenvalue weighted by Gasteiger charge is 2.26. The molecule has 0 atom stereocenters. The molecule has 246 valence electrons. The minimum Gasteiger partial charge on any atom is -0.550 e. The number of carboxylic acid groups (broad SMARTS) is 3. The molecule has 0 spiro atoms. The Balaban J connectivity index is 4.08. The summed E-state index contributed by atoms with van der Waals surface area (Å²) in [5.74, 6) is -2.75. The molecule has 0 rings (SSSR count).